The number of carbonyl (C=O) groups excluding carboxylic acids is 2. The van der Waals surface area contributed by atoms with Gasteiger partial charge in [-0.2, -0.15) is 0 Å². The molecule has 4 nitrogen and oxygen atoms in total. The summed E-state index contributed by atoms with van der Waals surface area (Å²) >= 11 is 1.64. The van der Waals surface area contributed by atoms with Gasteiger partial charge in [-0.15, -0.1) is 11.8 Å². The van der Waals surface area contributed by atoms with Crippen molar-refractivity contribution in [1.29, 1.82) is 0 Å². The molecule has 1 aromatic rings. The topological polar surface area (TPSA) is 46.6 Å². The van der Waals surface area contributed by atoms with Crippen LogP contribution in [-0.4, -0.2) is 29.1 Å². The maximum atomic E-state index is 12.0. The number of carbonyl (C=O) groups is 2. The van der Waals surface area contributed by atoms with Crippen LogP contribution < -0.4 is 4.74 Å². The zero-order valence-corrected chi connectivity index (χ0v) is 12.2. The Morgan fingerprint density at radius 3 is 2.95 bits per heavy atom. The Balaban J connectivity index is 1.79. The van der Waals surface area contributed by atoms with Crippen LogP contribution in [-0.2, 0) is 9.59 Å². The van der Waals surface area contributed by atoms with Crippen LogP contribution in [0.5, 0.6) is 5.75 Å². The number of hydrogen-bond acceptors (Lipinski definition) is 4. The second kappa shape index (κ2) is 5.48. The Morgan fingerprint density at radius 1 is 1.45 bits per heavy atom. The predicted octanol–water partition coefficient (Wildman–Crippen LogP) is 2.60. The van der Waals surface area contributed by atoms with E-state index in [0.29, 0.717) is 17.4 Å². The van der Waals surface area contributed by atoms with E-state index in [-0.39, 0.29) is 17.3 Å². The van der Waals surface area contributed by atoms with Gasteiger partial charge in [-0.25, -0.2) is 0 Å². The smallest absolute Gasteiger partial charge is 0.308 e. The van der Waals surface area contributed by atoms with Crippen LogP contribution in [0.1, 0.15) is 30.7 Å². The lowest BCUT2D eigenvalue weighted by molar-refractivity contribution is -0.132. The van der Waals surface area contributed by atoms with Crippen molar-refractivity contribution < 1.29 is 14.3 Å². The zero-order valence-electron chi connectivity index (χ0n) is 11.4. The molecule has 1 atom stereocenters. The van der Waals surface area contributed by atoms with E-state index < -0.39 is 0 Å². The molecule has 0 bridgehead atoms. The molecule has 1 aliphatic carbocycles. The summed E-state index contributed by atoms with van der Waals surface area (Å²) in [4.78, 5) is 25.0. The number of rotatable bonds is 4. The minimum Gasteiger partial charge on any atom is -0.427 e. The van der Waals surface area contributed by atoms with Crippen molar-refractivity contribution >= 4 is 23.6 Å². The maximum absolute atomic E-state index is 12.0. The van der Waals surface area contributed by atoms with Gasteiger partial charge in [0, 0.05) is 13.5 Å². The first-order valence-corrected chi connectivity index (χ1v) is 7.88. The van der Waals surface area contributed by atoms with Crippen LogP contribution in [0.3, 0.4) is 0 Å². The van der Waals surface area contributed by atoms with Crippen LogP contribution in [0.2, 0.25) is 0 Å². The molecular weight excluding hydrogens is 274 g/mol. The summed E-state index contributed by atoms with van der Waals surface area (Å²) < 4.78 is 5.12. The Kier molecular flexibility index (Phi) is 3.70. The van der Waals surface area contributed by atoms with Gasteiger partial charge in [-0.05, 0) is 36.5 Å². The minimum absolute atomic E-state index is 0.0543. The minimum atomic E-state index is -0.327. The molecule has 1 heterocycles. The van der Waals surface area contributed by atoms with E-state index >= 15 is 0 Å². The first kappa shape index (κ1) is 13.5. The average Bonchev–Trinajstić information content (AvgIpc) is 3.14. The van der Waals surface area contributed by atoms with Crippen LogP contribution in [0, 0.1) is 5.92 Å². The van der Waals surface area contributed by atoms with E-state index in [1.54, 1.807) is 17.8 Å². The number of amides is 1. The number of nitrogens with zero attached hydrogens (tertiary/aromatic N) is 1. The van der Waals surface area contributed by atoms with Crippen molar-refractivity contribution in [2.75, 3.05) is 12.3 Å². The van der Waals surface area contributed by atoms with Gasteiger partial charge in [-0.1, -0.05) is 12.1 Å². The maximum Gasteiger partial charge on any atom is 0.308 e. The summed E-state index contributed by atoms with van der Waals surface area (Å²) in [5.74, 6) is 1.64. The molecule has 0 aromatic heterocycles. The van der Waals surface area contributed by atoms with Crippen LogP contribution in [0.25, 0.3) is 0 Å². The van der Waals surface area contributed by atoms with Gasteiger partial charge in [0.15, 0.2) is 0 Å². The van der Waals surface area contributed by atoms with Crippen molar-refractivity contribution in [2.24, 2.45) is 5.92 Å². The molecule has 1 aromatic carbocycles. The third-order valence-electron chi connectivity index (χ3n) is 3.52. The van der Waals surface area contributed by atoms with Gasteiger partial charge in [0.2, 0.25) is 5.91 Å². The number of thioether (sulfide) groups is 1. The molecule has 20 heavy (non-hydrogen) atoms. The van der Waals surface area contributed by atoms with Crippen LogP contribution >= 0.6 is 11.8 Å². The predicted molar refractivity (Wildman–Crippen MR) is 77.4 cm³/mol. The van der Waals surface area contributed by atoms with Crippen LogP contribution in [0.15, 0.2) is 24.3 Å². The Morgan fingerprint density at radius 2 is 2.25 bits per heavy atom. The van der Waals surface area contributed by atoms with Crippen molar-refractivity contribution in [2.45, 2.75) is 25.1 Å². The Hall–Kier alpha value is -1.49. The van der Waals surface area contributed by atoms with Gasteiger partial charge in [-0.3, -0.25) is 9.59 Å². The third-order valence-corrected chi connectivity index (χ3v) is 4.78. The molecule has 1 saturated heterocycles. The third kappa shape index (κ3) is 2.98. The number of esters is 1. The molecule has 0 spiro atoms. The molecule has 1 unspecified atom stereocenters. The molecule has 5 heteroatoms. The standard InChI is InChI=1S/C15H17NO3S/c1-10(17)19-13-4-2-3-12(7-13)15-16(8-11-5-6-11)14(18)9-20-15/h2-4,7,11,15H,5-6,8-9H2,1H3. The highest BCUT2D eigenvalue weighted by molar-refractivity contribution is 8.00. The number of benzene rings is 1. The molecular formula is C15H17NO3S. The SMILES string of the molecule is CC(=O)Oc1cccc(C2SCC(=O)N2CC2CC2)c1. The Bertz CT molecular complexity index is 542. The second-order valence-corrected chi connectivity index (χ2v) is 6.39. The lowest BCUT2D eigenvalue weighted by atomic mass is 10.2. The highest BCUT2D eigenvalue weighted by Gasteiger charge is 2.36. The van der Waals surface area contributed by atoms with E-state index in [0.717, 1.165) is 12.1 Å². The van der Waals surface area contributed by atoms with Gasteiger partial charge in [0.05, 0.1) is 5.75 Å². The summed E-state index contributed by atoms with van der Waals surface area (Å²) in [6.07, 6.45) is 2.46. The van der Waals surface area contributed by atoms with E-state index in [2.05, 4.69) is 0 Å². The largest absolute Gasteiger partial charge is 0.427 e. The molecule has 2 fully saturated rings. The summed E-state index contributed by atoms with van der Waals surface area (Å²) in [5, 5.41) is 0.0543. The average molecular weight is 291 g/mol. The lowest BCUT2D eigenvalue weighted by Gasteiger charge is -2.24. The summed E-state index contributed by atoms with van der Waals surface area (Å²) in [6.45, 7) is 2.24. The van der Waals surface area contributed by atoms with Gasteiger partial charge >= 0.3 is 5.97 Å². The molecule has 3 rings (SSSR count). The van der Waals surface area contributed by atoms with Crippen molar-refractivity contribution in [3.63, 3.8) is 0 Å². The molecule has 1 amide bonds. The number of hydrogen-bond donors (Lipinski definition) is 0. The summed E-state index contributed by atoms with van der Waals surface area (Å²) in [5.41, 5.74) is 1.03. The van der Waals surface area contributed by atoms with E-state index in [4.69, 9.17) is 4.74 Å². The van der Waals surface area contributed by atoms with Crippen LogP contribution in [0.4, 0.5) is 0 Å². The van der Waals surface area contributed by atoms with Crippen molar-refractivity contribution in [3.8, 4) is 5.75 Å². The normalized spacial score (nSPS) is 22.1. The van der Waals surface area contributed by atoms with Gasteiger partial charge in [0.25, 0.3) is 0 Å². The second-order valence-electron chi connectivity index (χ2n) is 5.32. The fourth-order valence-corrected chi connectivity index (χ4v) is 3.59. The molecule has 106 valence electrons. The van der Waals surface area contributed by atoms with Gasteiger partial charge < -0.3 is 9.64 Å². The van der Waals surface area contributed by atoms with Crippen molar-refractivity contribution in [1.82, 2.24) is 4.90 Å². The first-order chi connectivity index (χ1) is 9.63. The van der Waals surface area contributed by atoms with E-state index in [9.17, 15) is 9.59 Å². The van der Waals surface area contributed by atoms with Crippen molar-refractivity contribution in [3.05, 3.63) is 29.8 Å². The van der Waals surface area contributed by atoms with E-state index in [1.165, 1.54) is 19.8 Å². The highest BCUT2D eigenvalue weighted by atomic mass is 32.2. The lowest BCUT2D eigenvalue weighted by Crippen LogP contribution is -2.30. The molecule has 0 N–H and O–H groups in total. The monoisotopic (exact) mass is 291 g/mol. The van der Waals surface area contributed by atoms with Gasteiger partial charge in [0.1, 0.15) is 11.1 Å². The fraction of sp³-hybridized carbons (Fsp3) is 0.467. The summed E-state index contributed by atoms with van der Waals surface area (Å²) in [6, 6.07) is 7.48. The molecule has 1 aliphatic heterocycles. The number of ether oxygens (including phenoxy) is 1. The molecule has 2 aliphatic rings. The molecule has 1 saturated carbocycles. The highest BCUT2D eigenvalue weighted by Crippen LogP contribution is 2.42. The zero-order chi connectivity index (χ0) is 14.1. The first-order valence-electron chi connectivity index (χ1n) is 6.83. The van der Waals surface area contributed by atoms with E-state index in [1.807, 2.05) is 23.1 Å². The fourth-order valence-electron chi connectivity index (χ4n) is 2.40. The molecule has 0 radical (unpaired) electrons. The summed E-state index contributed by atoms with van der Waals surface area (Å²) in [7, 11) is 0. The Labute approximate surface area is 122 Å². The quantitative estimate of drug-likeness (QED) is 0.632.